The molecule has 0 aromatic carbocycles. The highest BCUT2D eigenvalue weighted by molar-refractivity contribution is 6.29. The van der Waals surface area contributed by atoms with Crippen LogP contribution in [0.1, 0.15) is 31.5 Å². The van der Waals surface area contributed by atoms with Crippen molar-refractivity contribution in [2.45, 2.75) is 31.7 Å². The molecule has 110 valence electrons. The number of halogens is 1. The Morgan fingerprint density at radius 3 is 2.85 bits per heavy atom. The Labute approximate surface area is 124 Å². The Bertz CT molecular complexity index is 460. The molecule has 1 saturated heterocycles. The summed E-state index contributed by atoms with van der Waals surface area (Å²) >= 11 is 6.07. The molecule has 0 amide bonds. The number of ether oxygens (including phenoxy) is 1. The predicted octanol–water partition coefficient (Wildman–Crippen LogP) is 2.14. The maximum Gasteiger partial charge on any atom is 0.135 e. The SMILES string of the molecule is CC(CNc1cc(Cl)nc(C2CC2)n1)N1CCOCC1. The molecule has 1 aromatic heterocycles. The molecule has 2 fully saturated rings. The number of hydrogen-bond acceptors (Lipinski definition) is 5. The third kappa shape index (κ3) is 3.59. The van der Waals surface area contributed by atoms with Crippen LogP contribution in [-0.4, -0.2) is 53.8 Å². The molecule has 1 saturated carbocycles. The van der Waals surface area contributed by atoms with E-state index in [1.54, 1.807) is 6.07 Å². The van der Waals surface area contributed by atoms with Crippen LogP contribution in [0.5, 0.6) is 0 Å². The molecule has 1 aliphatic carbocycles. The standard InChI is InChI=1S/C14H21ClN4O/c1-10(19-4-6-20-7-5-19)9-16-13-8-12(15)17-14(18-13)11-2-3-11/h8,10-11H,2-7,9H2,1H3,(H,16,17,18). The largest absolute Gasteiger partial charge is 0.379 e. The molecule has 1 unspecified atom stereocenters. The molecule has 20 heavy (non-hydrogen) atoms. The second-order valence-electron chi connectivity index (χ2n) is 5.59. The maximum absolute atomic E-state index is 6.07. The van der Waals surface area contributed by atoms with Crippen LogP contribution in [0.25, 0.3) is 0 Å². The van der Waals surface area contributed by atoms with E-state index in [1.807, 2.05) is 0 Å². The van der Waals surface area contributed by atoms with Crippen molar-refractivity contribution in [2.75, 3.05) is 38.2 Å². The minimum Gasteiger partial charge on any atom is -0.379 e. The van der Waals surface area contributed by atoms with Gasteiger partial charge in [0.15, 0.2) is 0 Å². The number of anilines is 1. The monoisotopic (exact) mass is 296 g/mol. The van der Waals surface area contributed by atoms with E-state index in [9.17, 15) is 0 Å². The van der Waals surface area contributed by atoms with Crippen LogP contribution < -0.4 is 5.32 Å². The van der Waals surface area contributed by atoms with E-state index in [1.165, 1.54) is 12.8 Å². The van der Waals surface area contributed by atoms with Gasteiger partial charge in [-0.05, 0) is 19.8 Å². The van der Waals surface area contributed by atoms with Crippen molar-refractivity contribution >= 4 is 17.4 Å². The van der Waals surface area contributed by atoms with Crippen LogP contribution in [0.15, 0.2) is 6.07 Å². The molecule has 0 radical (unpaired) electrons. The smallest absolute Gasteiger partial charge is 0.135 e. The predicted molar refractivity (Wildman–Crippen MR) is 79.4 cm³/mol. The van der Waals surface area contributed by atoms with Crippen molar-refractivity contribution in [1.82, 2.24) is 14.9 Å². The van der Waals surface area contributed by atoms with E-state index >= 15 is 0 Å². The van der Waals surface area contributed by atoms with Crippen LogP contribution in [-0.2, 0) is 4.74 Å². The molecule has 5 nitrogen and oxygen atoms in total. The quantitative estimate of drug-likeness (QED) is 0.844. The number of morpholine rings is 1. The van der Waals surface area contributed by atoms with Gasteiger partial charge in [0.25, 0.3) is 0 Å². The Hall–Kier alpha value is -0.910. The molecule has 1 atom stereocenters. The summed E-state index contributed by atoms with van der Waals surface area (Å²) in [6, 6.07) is 2.26. The molecule has 0 bridgehead atoms. The summed E-state index contributed by atoms with van der Waals surface area (Å²) in [5, 5.41) is 3.92. The molecule has 1 aromatic rings. The number of hydrogen-bond donors (Lipinski definition) is 1. The fourth-order valence-electron chi connectivity index (χ4n) is 2.45. The highest BCUT2D eigenvalue weighted by Crippen LogP contribution is 2.38. The van der Waals surface area contributed by atoms with Gasteiger partial charge in [-0.2, -0.15) is 0 Å². The van der Waals surface area contributed by atoms with E-state index in [4.69, 9.17) is 16.3 Å². The van der Waals surface area contributed by atoms with E-state index in [0.29, 0.717) is 17.1 Å². The van der Waals surface area contributed by atoms with Crippen molar-refractivity contribution in [3.8, 4) is 0 Å². The van der Waals surface area contributed by atoms with E-state index < -0.39 is 0 Å². The van der Waals surface area contributed by atoms with Crippen molar-refractivity contribution in [3.05, 3.63) is 17.0 Å². The minimum absolute atomic E-state index is 0.456. The van der Waals surface area contributed by atoms with Gasteiger partial charge in [-0.15, -0.1) is 0 Å². The second kappa shape index (κ2) is 6.24. The minimum atomic E-state index is 0.456. The number of aromatic nitrogens is 2. The molecule has 1 N–H and O–H groups in total. The van der Waals surface area contributed by atoms with Crippen LogP contribution in [0, 0.1) is 0 Å². The molecule has 6 heteroatoms. The first-order chi connectivity index (χ1) is 9.72. The topological polar surface area (TPSA) is 50.3 Å². The molecule has 2 aliphatic rings. The van der Waals surface area contributed by atoms with Gasteiger partial charge in [-0.3, -0.25) is 4.90 Å². The zero-order chi connectivity index (χ0) is 13.9. The summed E-state index contributed by atoms with van der Waals surface area (Å²) in [4.78, 5) is 11.3. The molecule has 1 aliphatic heterocycles. The average Bonchev–Trinajstić information content (AvgIpc) is 3.30. The van der Waals surface area contributed by atoms with Crippen LogP contribution >= 0.6 is 11.6 Å². The second-order valence-corrected chi connectivity index (χ2v) is 5.97. The summed E-state index contributed by atoms with van der Waals surface area (Å²) in [5.74, 6) is 2.25. The van der Waals surface area contributed by atoms with Gasteiger partial charge in [-0.25, -0.2) is 9.97 Å². The summed E-state index contributed by atoms with van der Waals surface area (Å²) in [6.07, 6.45) is 2.37. The Morgan fingerprint density at radius 1 is 1.40 bits per heavy atom. The summed E-state index contributed by atoms with van der Waals surface area (Å²) < 4.78 is 5.38. The van der Waals surface area contributed by atoms with Crippen molar-refractivity contribution < 1.29 is 4.74 Å². The van der Waals surface area contributed by atoms with Gasteiger partial charge >= 0.3 is 0 Å². The first-order valence-electron chi connectivity index (χ1n) is 7.32. The molecular formula is C14H21ClN4O. The van der Waals surface area contributed by atoms with Crippen molar-refractivity contribution in [1.29, 1.82) is 0 Å². The normalized spacial score (nSPS) is 21.7. The summed E-state index contributed by atoms with van der Waals surface area (Å²) in [7, 11) is 0. The van der Waals surface area contributed by atoms with Crippen LogP contribution in [0.4, 0.5) is 5.82 Å². The average molecular weight is 297 g/mol. The van der Waals surface area contributed by atoms with Crippen LogP contribution in [0.2, 0.25) is 5.15 Å². The summed E-state index contributed by atoms with van der Waals surface area (Å²) in [5.41, 5.74) is 0. The lowest BCUT2D eigenvalue weighted by molar-refractivity contribution is 0.0227. The number of nitrogens with one attached hydrogen (secondary N) is 1. The van der Waals surface area contributed by atoms with Gasteiger partial charge in [0.05, 0.1) is 13.2 Å². The van der Waals surface area contributed by atoms with E-state index in [0.717, 1.165) is 44.5 Å². The Balaban J connectivity index is 1.57. The fraction of sp³-hybridized carbons (Fsp3) is 0.714. The third-order valence-electron chi connectivity index (χ3n) is 3.90. The van der Waals surface area contributed by atoms with Gasteiger partial charge in [0.2, 0.25) is 0 Å². The van der Waals surface area contributed by atoms with Gasteiger partial charge in [-0.1, -0.05) is 11.6 Å². The molecule has 0 spiro atoms. The zero-order valence-electron chi connectivity index (χ0n) is 11.8. The molecule has 2 heterocycles. The lowest BCUT2D eigenvalue weighted by Gasteiger charge is -2.32. The van der Waals surface area contributed by atoms with E-state index in [2.05, 4.69) is 27.1 Å². The van der Waals surface area contributed by atoms with Crippen LogP contribution in [0.3, 0.4) is 0 Å². The zero-order valence-corrected chi connectivity index (χ0v) is 12.6. The number of rotatable bonds is 5. The first-order valence-corrected chi connectivity index (χ1v) is 7.70. The van der Waals surface area contributed by atoms with Gasteiger partial charge in [0, 0.05) is 37.7 Å². The molecule has 3 rings (SSSR count). The lowest BCUT2D eigenvalue weighted by atomic mass is 10.2. The maximum atomic E-state index is 6.07. The highest BCUT2D eigenvalue weighted by atomic mass is 35.5. The Kier molecular flexibility index (Phi) is 4.38. The van der Waals surface area contributed by atoms with Crippen molar-refractivity contribution in [3.63, 3.8) is 0 Å². The third-order valence-corrected chi connectivity index (χ3v) is 4.10. The number of nitrogens with zero attached hydrogens (tertiary/aromatic N) is 3. The first kappa shape index (κ1) is 14.0. The van der Waals surface area contributed by atoms with Gasteiger partial charge in [0.1, 0.15) is 16.8 Å². The highest BCUT2D eigenvalue weighted by Gasteiger charge is 2.27. The Morgan fingerprint density at radius 2 is 2.15 bits per heavy atom. The lowest BCUT2D eigenvalue weighted by Crippen LogP contribution is -2.45. The van der Waals surface area contributed by atoms with Gasteiger partial charge < -0.3 is 10.1 Å². The summed E-state index contributed by atoms with van der Waals surface area (Å²) in [6.45, 7) is 6.74. The van der Waals surface area contributed by atoms with E-state index in [-0.39, 0.29) is 0 Å². The molecular weight excluding hydrogens is 276 g/mol. The van der Waals surface area contributed by atoms with Crippen molar-refractivity contribution in [2.24, 2.45) is 0 Å². The fourth-order valence-corrected chi connectivity index (χ4v) is 2.64.